The normalized spacial score (nSPS) is 12.8. The lowest BCUT2D eigenvalue weighted by molar-refractivity contribution is 0.602. The molecule has 0 heterocycles. The maximum absolute atomic E-state index is 13.2. The van der Waals surface area contributed by atoms with E-state index in [0.717, 1.165) is 6.42 Å². The van der Waals surface area contributed by atoms with Gasteiger partial charge in [-0.2, -0.15) is 0 Å². The molecule has 1 aromatic rings. The zero-order chi connectivity index (χ0) is 9.84. The minimum atomic E-state index is -0.217. The van der Waals surface area contributed by atoms with E-state index in [9.17, 15) is 4.39 Å². The quantitative estimate of drug-likeness (QED) is 0.597. The van der Waals surface area contributed by atoms with Crippen LogP contribution in [0.3, 0.4) is 0 Å². The zero-order valence-electron chi connectivity index (χ0n) is 7.88. The van der Waals surface area contributed by atoms with Gasteiger partial charge in [0.25, 0.3) is 0 Å². The van der Waals surface area contributed by atoms with Crippen LogP contribution in [0.25, 0.3) is 0 Å². The third-order valence-corrected chi connectivity index (χ3v) is 3.18. The number of thioether (sulfide) groups is 1. The molecule has 1 rings (SSSR count). The first kappa shape index (κ1) is 10.4. The molecule has 0 aromatic heterocycles. The Morgan fingerprint density at radius 3 is 2.77 bits per heavy atom. The summed E-state index contributed by atoms with van der Waals surface area (Å²) in [6.45, 7) is 4.17. The van der Waals surface area contributed by atoms with Crippen molar-refractivity contribution in [2.24, 2.45) is 0 Å². The van der Waals surface area contributed by atoms with Crippen LogP contribution in [0.1, 0.15) is 20.3 Å². The molecule has 0 aliphatic heterocycles. The van der Waals surface area contributed by atoms with Gasteiger partial charge < -0.3 is 5.73 Å². The Labute approximate surface area is 82.5 Å². The van der Waals surface area contributed by atoms with E-state index in [-0.39, 0.29) is 5.82 Å². The Hall–Kier alpha value is -0.700. The van der Waals surface area contributed by atoms with Gasteiger partial charge in [0, 0.05) is 15.8 Å². The second-order valence-electron chi connectivity index (χ2n) is 3.03. The maximum atomic E-state index is 13.2. The fourth-order valence-electron chi connectivity index (χ4n) is 0.913. The first-order valence-corrected chi connectivity index (χ1v) is 5.23. The van der Waals surface area contributed by atoms with Crippen molar-refractivity contribution in [3.8, 4) is 0 Å². The van der Waals surface area contributed by atoms with Crippen LogP contribution in [0.15, 0.2) is 23.1 Å². The molecule has 13 heavy (non-hydrogen) atoms. The van der Waals surface area contributed by atoms with Crippen molar-refractivity contribution in [1.29, 1.82) is 0 Å². The molecule has 2 N–H and O–H groups in total. The summed E-state index contributed by atoms with van der Waals surface area (Å²) in [7, 11) is 0. The Morgan fingerprint density at radius 1 is 1.54 bits per heavy atom. The van der Waals surface area contributed by atoms with Crippen LogP contribution in [-0.2, 0) is 0 Å². The van der Waals surface area contributed by atoms with E-state index in [1.54, 1.807) is 23.9 Å². The minimum absolute atomic E-state index is 0.217. The summed E-state index contributed by atoms with van der Waals surface area (Å²) in [5.41, 5.74) is 5.92. The SMILES string of the molecule is CCC(C)Sc1ccc(N)cc1F. The lowest BCUT2D eigenvalue weighted by Crippen LogP contribution is -1.94. The first-order valence-electron chi connectivity index (χ1n) is 4.35. The molecule has 0 spiro atoms. The van der Waals surface area contributed by atoms with Crippen LogP contribution in [0.2, 0.25) is 0 Å². The monoisotopic (exact) mass is 199 g/mol. The van der Waals surface area contributed by atoms with Crippen LogP contribution in [0, 0.1) is 5.82 Å². The number of halogens is 1. The molecule has 0 aliphatic rings. The fourth-order valence-corrected chi connectivity index (χ4v) is 1.83. The van der Waals surface area contributed by atoms with Crippen LogP contribution < -0.4 is 5.73 Å². The predicted octanol–water partition coefficient (Wildman–Crippen LogP) is 3.30. The highest BCUT2D eigenvalue weighted by Gasteiger charge is 2.06. The fraction of sp³-hybridized carbons (Fsp3) is 0.400. The summed E-state index contributed by atoms with van der Waals surface area (Å²) >= 11 is 1.55. The van der Waals surface area contributed by atoms with E-state index >= 15 is 0 Å². The second kappa shape index (κ2) is 4.51. The van der Waals surface area contributed by atoms with Gasteiger partial charge in [-0.25, -0.2) is 4.39 Å². The maximum Gasteiger partial charge on any atom is 0.138 e. The summed E-state index contributed by atoms with van der Waals surface area (Å²) in [6, 6.07) is 4.83. The smallest absolute Gasteiger partial charge is 0.138 e. The molecule has 0 amide bonds. The summed E-state index contributed by atoms with van der Waals surface area (Å²) in [5, 5.41) is 0.443. The molecular weight excluding hydrogens is 185 g/mol. The highest BCUT2D eigenvalue weighted by atomic mass is 32.2. The molecule has 0 radical (unpaired) electrons. The van der Waals surface area contributed by atoms with Crippen LogP contribution >= 0.6 is 11.8 Å². The standard InChI is InChI=1S/C10H14FNS/c1-3-7(2)13-10-5-4-8(12)6-9(10)11/h4-7H,3,12H2,1-2H3. The van der Waals surface area contributed by atoms with Gasteiger partial charge in [-0.05, 0) is 24.6 Å². The van der Waals surface area contributed by atoms with E-state index in [0.29, 0.717) is 15.8 Å². The molecule has 1 unspecified atom stereocenters. The van der Waals surface area contributed by atoms with Crippen molar-refractivity contribution in [2.75, 3.05) is 5.73 Å². The molecule has 0 bridgehead atoms. The Bertz CT molecular complexity index is 288. The van der Waals surface area contributed by atoms with Gasteiger partial charge >= 0.3 is 0 Å². The van der Waals surface area contributed by atoms with Gasteiger partial charge in [-0.3, -0.25) is 0 Å². The topological polar surface area (TPSA) is 26.0 Å². The van der Waals surface area contributed by atoms with Crippen molar-refractivity contribution in [3.05, 3.63) is 24.0 Å². The Balaban J connectivity index is 2.77. The molecule has 0 aliphatic carbocycles. The van der Waals surface area contributed by atoms with Crippen LogP contribution in [0.4, 0.5) is 10.1 Å². The lowest BCUT2D eigenvalue weighted by atomic mass is 10.3. The number of rotatable bonds is 3. The lowest BCUT2D eigenvalue weighted by Gasteiger charge is -2.08. The average molecular weight is 199 g/mol. The van der Waals surface area contributed by atoms with Crippen molar-refractivity contribution < 1.29 is 4.39 Å². The Kier molecular flexibility index (Phi) is 3.60. The van der Waals surface area contributed by atoms with E-state index in [1.165, 1.54) is 6.07 Å². The van der Waals surface area contributed by atoms with Gasteiger partial charge in [0.1, 0.15) is 5.82 Å². The molecule has 1 aromatic carbocycles. The molecule has 1 nitrogen and oxygen atoms in total. The average Bonchev–Trinajstić information content (AvgIpc) is 2.09. The van der Waals surface area contributed by atoms with Gasteiger partial charge in [-0.1, -0.05) is 13.8 Å². The first-order chi connectivity index (χ1) is 6.13. The third kappa shape index (κ3) is 2.92. The van der Waals surface area contributed by atoms with Crippen molar-refractivity contribution >= 4 is 17.4 Å². The van der Waals surface area contributed by atoms with E-state index in [1.807, 2.05) is 0 Å². The second-order valence-corrected chi connectivity index (χ2v) is 4.51. The summed E-state index contributed by atoms with van der Waals surface area (Å²) in [4.78, 5) is 0.684. The minimum Gasteiger partial charge on any atom is -0.399 e. The van der Waals surface area contributed by atoms with Crippen molar-refractivity contribution in [2.45, 2.75) is 30.4 Å². The van der Waals surface area contributed by atoms with Gasteiger partial charge in [0.15, 0.2) is 0 Å². The number of nitrogens with two attached hydrogens (primary N) is 1. The van der Waals surface area contributed by atoms with Gasteiger partial charge in [-0.15, -0.1) is 11.8 Å². The largest absolute Gasteiger partial charge is 0.399 e. The predicted molar refractivity (Wildman–Crippen MR) is 56.4 cm³/mol. The number of benzene rings is 1. The summed E-state index contributed by atoms with van der Waals surface area (Å²) < 4.78 is 13.2. The molecule has 0 saturated heterocycles. The van der Waals surface area contributed by atoms with E-state index in [2.05, 4.69) is 13.8 Å². The zero-order valence-corrected chi connectivity index (χ0v) is 8.70. The summed E-state index contributed by atoms with van der Waals surface area (Å²) in [6.07, 6.45) is 1.04. The molecule has 1 atom stereocenters. The Morgan fingerprint density at radius 2 is 2.23 bits per heavy atom. The highest BCUT2D eigenvalue weighted by Crippen LogP contribution is 2.28. The van der Waals surface area contributed by atoms with Crippen molar-refractivity contribution in [3.63, 3.8) is 0 Å². The molecule has 3 heteroatoms. The number of nitrogen functional groups attached to an aromatic ring is 1. The van der Waals surface area contributed by atoms with Crippen molar-refractivity contribution in [1.82, 2.24) is 0 Å². The van der Waals surface area contributed by atoms with E-state index < -0.39 is 0 Å². The number of hydrogen-bond acceptors (Lipinski definition) is 2. The van der Waals surface area contributed by atoms with Crippen LogP contribution in [0.5, 0.6) is 0 Å². The van der Waals surface area contributed by atoms with Crippen LogP contribution in [-0.4, -0.2) is 5.25 Å². The van der Waals surface area contributed by atoms with Gasteiger partial charge in [0.05, 0.1) is 0 Å². The number of hydrogen-bond donors (Lipinski definition) is 1. The van der Waals surface area contributed by atoms with Gasteiger partial charge in [0.2, 0.25) is 0 Å². The summed E-state index contributed by atoms with van der Waals surface area (Å²) in [5.74, 6) is -0.217. The van der Waals surface area contributed by atoms with E-state index in [4.69, 9.17) is 5.73 Å². The molecule has 0 fully saturated rings. The molecule has 0 saturated carbocycles. The number of anilines is 1. The molecule has 72 valence electrons. The highest BCUT2D eigenvalue weighted by molar-refractivity contribution is 7.99. The molecular formula is C10H14FNS. The third-order valence-electron chi connectivity index (χ3n) is 1.86.